The Kier molecular flexibility index (Phi) is 35.2. The number of ether oxygens (including phenoxy) is 1. The number of hydrogen-bond donors (Lipinski definition) is 7. The van der Waals surface area contributed by atoms with Crippen LogP contribution in [0.4, 0.5) is 14.6 Å². The summed E-state index contributed by atoms with van der Waals surface area (Å²) in [6, 6.07) is 27.8. The molecule has 5 saturated carbocycles. The predicted molar refractivity (Wildman–Crippen MR) is 429 cm³/mol. The molecular formula is C78H101BBrF2IN20O8. The third kappa shape index (κ3) is 33.2. The highest BCUT2D eigenvalue weighted by atomic mass is 127. The van der Waals surface area contributed by atoms with E-state index in [1.54, 1.807) is 12.1 Å². The third-order valence-electron chi connectivity index (χ3n) is 17.6. The minimum atomic E-state index is -1.19. The molecule has 0 saturated heterocycles. The van der Waals surface area contributed by atoms with Crippen LogP contribution in [0.15, 0.2) is 102 Å². The average molecular weight is 1700 g/mol. The van der Waals surface area contributed by atoms with Gasteiger partial charge in [0.2, 0.25) is 11.8 Å². The normalized spacial score (nSPS) is 14.2. The summed E-state index contributed by atoms with van der Waals surface area (Å²) >= 11 is 5.44. The summed E-state index contributed by atoms with van der Waals surface area (Å²) in [5, 5.41) is 55.0. The van der Waals surface area contributed by atoms with E-state index in [1.165, 1.54) is 117 Å². The van der Waals surface area contributed by atoms with Gasteiger partial charge in [-0.15, -0.1) is 20.4 Å². The van der Waals surface area contributed by atoms with Gasteiger partial charge in [-0.1, -0.05) is 39.2 Å². The number of carbonyl (C=O) groups excluding carboxylic acids is 5. The molecule has 0 spiro atoms. The number of alkyl halides is 2. The van der Waals surface area contributed by atoms with Gasteiger partial charge in [-0.3, -0.25) is 48.9 Å². The van der Waals surface area contributed by atoms with Gasteiger partial charge in [0.25, 0.3) is 11.8 Å². The highest BCUT2D eigenvalue weighted by Gasteiger charge is 2.33. The molecule has 0 unspecified atom stereocenters. The van der Waals surface area contributed by atoms with Gasteiger partial charge in [0.05, 0.1) is 80.3 Å². The van der Waals surface area contributed by atoms with E-state index in [1.807, 2.05) is 77.1 Å². The molecule has 592 valence electrons. The third-order valence-corrected chi connectivity index (χ3v) is 18.6. The number of nitrogens with zero attached hydrogens (tertiary/aromatic N) is 15. The van der Waals surface area contributed by atoms with E-state index in [-0.39, 0.29) is 91.7 Å². The van der Waals surface area contributed by atoms with Crippen LogP contribution in [0.25, 0.3) is 0 Å². The highest BCUT2D eigenvalue weighted by molar-refractivity contribution is 14.1. The van der Waals surface area contributed by atoms with Crippen molar-refractivity contribution >= 4 is 81.1 Å². The fourth-order valence-corrected chi connectivity index (χ4v) is 12.4. The molecule has 4 amide bonds. The highest BCUT2D eigenvalue weighted by Crippen LogP contribution is 2.43. The smallest absolute Gasteiger partial charge is 0.454 e. The van der Waals surface area contributed by atoms with Crippen LogP contribution in [-0.2, 0) is 64.3 Å². The summed E-state index contributed by atoms with van der Waals surface area (Å²) < 4.78 is 37.4. The maximum Gasteiger partial charge on any atom is 0.454 e. The summed E-state index contributed by atoms with van der Waals surface area (Å²) in [5.41, 5.74) is 21.9. The zero-order valence-corrected chi connectivity index (χ0v) is 68.4. The minimum absolute atomic E-state index is 0. The topological polar surface area (TPSA) is 410 Å². The number of esters is 1. The molecule has 28 nitrogen and oxygen atoms in total. The van der Waals surface area contributed by atoms with Crippen LogP contribution in [0.1, 0.15) is 212 Å². The molecule has 33 heteroatoms. The molecule has 9 heterocycles. The van der Waals surface area contributed by atoms with Gasteiger partial charge in [0.1, 0.15) is 16.0 Å². The van der Waals surface area contributed by atoms with Crippen LogP contribution < -0.4 is 27.8 Å². The fourth-order valence-electron chi connectivity index (χ4n) is 11.4. The SMILES string of the molecule is CNC(=O)c1cn(C[C@H](F)CCc2ccc(I)nn2)nn1.CNC(=O)c1cn(C[C@H](F)CCc2ccc(NC(=O)Cc3cc(C4CC4)cc(C)n3)nn2)nn1.COC(=O)Cc1cc(C2CC2)cc(C)n1.Cc1cc(Br)cc(C)n1.Cc1cc(C2CC2)cc(C)n1.Cc1cc(C2CC2)cc(CC(N)=O)n1.N.OB(O)C1CC1. The van der Waals surface area contributed by atoms with E-state index in [0.717, 1.165) is 89.6 Å². The Balaban J connectivity index is 0.000000192. The number of amides is 4. The van der Waals surface area contributed by atoms with E-state index in [4.69, 9.17) is 15.8 Å². The van der Waals surface area contributed by atoms with Gasteiger partial charge in [0, 0.05) is 58.4 Å². The van der Waals surface area contributed by atoms with E-state index < -0.39 is 19.5 Å². The summed E-state index contributed by atoms with van der Waals surface area (Å²) in [7, 11) is 3.36. The van der Waals surface area contributed by atoms with Crippen molar-refractivity contribution in [2.24, 2.45) is 5.73 Å². The van der Waals surface area contributed by atoms with Crippen molar-refractivity contribution in [1.82, 2.24) is 92.1 Å². The summed E-state index contributed by atoms with van der Waals surface area (Å²) in [6.45, 7) is 14.0. The molecule has 9 aromatic rings. The summed E-state index contributed by atoms with van der Waals surface area (Å²) in [6.07, 6.45) is 14.8. The zero-order valence-electron chi connectivity index (χ0n) is 64.6. The van der Waals surface area contributed by atoms with Gasteiger partial charge < -0.3 is 42.6 Å². The molecule has 0 aliphatic heterocycles. The molecule has 2 atom stereocenters. The number of rotatable bonds is 24. The lowest BCUT2D eigenvalue weighted by molar-refractivity contribution is -0.139. The Hall–Kier alpha value is -9.45. The second-order valence-corrected chi connectivity index (χ2v) is 30.2. The van der Waals surface area contributed by atoms with Crippen molar-refractivity contribution in [2.45, 2.75) is 213 Å². The maximum absolute atomic E-state index is 14.3. The monoisotopic (exact) mass is 1700 g/mol. The van der Waals surface area contributed by atoms with Crippen LogP contribution in [0.2, 0.25) is 5.82 Å². The van der Waals surface area contributed by atoms with Crippen LogP contribution >= 0.6 is 38.5 Å². The van der Waals surface area contributed by atoms with Crippen molar-refractivity contribution in [2.75, 3.05) is 26.5 Å². The molecule has 9 aromatic heterocycles. The second-order valence-electron chi connectivity index (χ2n) is 28.2. The first-order valence-corrected chi connectivity index (χ1v) is 38.8. The zero-order chi connectivity index (χ0) is 79.6. The van der Waals surface area contributed by atoms with E-state index in [9.17, 15) is 32.8 Å². The maximum atomic E-state index is 14.3. The number of nitrogens with one attached hydrogen (secondary N) is 3. The second kappa shape index (κ2) is 44.0. The molecule has 0 radical (unpaired) electrons. The Morgan fingerprint density at radius 1 is 0.532 bits per heavy atom. The summed E-state index contributed by atoms with van der Waals surface area (Å²) in [5.74, 6) is 1.93. The first kappa shape index (κ1) is 88.8. The number of hydrogen-bond acceptors (Lipinski definition) is 22. The molecule has 0 aromatic carbocycles. The lowest BCUT2D eigenvalue weighted by atomic mass is 9.84. The molecule has 14 rings (SSSR count). The van der Waals surface area contributed by atoms with Gasteiger partial charge in [-0.25, -0.2) is 18.1 Å². The molecule has 5 aliphatic rings. The molecule has 10 N–H and O–H groups in total. The molecule has 5 aliphatic carbocycles. The first-order valence-electron chi connectivity index (χ1n) is 36.9. The number of methoxy groups -OCH3 is 1. The van der Waals surface area contributed by atoms with Crippen LogP contribution in [-0.4, -0.2) is 156 Å². The van der Waals surface area contributed by atoms with Gasteiger partial charge in [-0.2, -0.15) is 10.2 Å². The number of aryl methyl sites for hydroxylation is 9. The molecule has 111 heavy (non-hydrogen) atoms. The quantitative estimate of drug-likeness (QED) is 0.0168. The Morgan fingerprint density at radius 3 is 1.24 bits per heavy atom. The Bertz CT molecular complexity index is 4450. The predicted octanol–water partition coefficient (Wildman–Crippen LogP) is 11.3. The number of pyridine rings is 5. The van der Waals surface area contributed by atoms with Crippen molar-refractivity contribution in [1.29, 1.82) is 0 Å². The average Bonchev–Trinajstić information content (AvgIpc) is 1.70. The lowest BCUT2D eigenvalue weighted by Crippen LogP contribution is -2.18. The molecule has 0 bridgehead atoms. The van der Waals surface area contributed by atoms with E-state index in [0.29, 0.717) is 48.5 Å². The number of aromatic nitrogens is 15. The largest absolute Gasteiger partial charge is 0.469 e. The Labute approximate surface area is 668 Å². The number of halogens is 4. The van der Waals surface area contributed by atoms with Crippen molar-refractivity contribution in [3.63, 3.8) is 0 Å². The summed E-state index contributed by atoms with van der Waals surface area (Å²) in [4.78, 5) is 78.7. The van der Waals surface area contributed by atoms with Crippen molar-refractivity contribution < 1.29 is 47.5 Å². The van der Waals surface area contributed by atoms with Crippen molar-refractivity contribution in [3.05, 3.63) is 207 Å². The fraction of sp³-hybridized carbons (Fsp3) is 0.462. The van der Waals surface area contributed by atoms with E-state index >= 15 is 0 Å². The number of primary amides is 1. The first-order chi connectivity index (χ1) is 52.5. The standard InChI is InChI=1S/C23H27FN8O2.C12H14FIN6O.C12H15NO2.C11H14N2O.C10H13N.C7H8BrN.C3H7BO2.H3N/c1-14-9-16(15-3-4-15)10-19(26-14)11-22(33)27-21-8-7-18(28-30-21)6-5-17(24)12-32-13-20(29-31-32)23(34)25-2;1-15-12(21)10-7-20(19-17-10)6-8(13)2-3-9-4-5-11(14)18-16-9;1-8-5-10(9-3-4-9)6-11(13-8)7-12(14)15-2;1-7-4-9(8-2-3-8)5-10(13-7)6-11(12)14;1-7-5-10(9-3-4-9)6-8(2)11-7;1-5-3-7(8)4-6(2)9-5;5-4(6)3-1-2-3;/h7-10,13,15,17H,3-6,11-12H2,1-2H3,(H,25,34)(H,27,30,33);4-5,7-8H,2-3,6H2,1H3,(H,15,21);5-6,9H,3-4,7H2,1-2H3;4-5,8H,2-3,6H2,1H3,(H2,12,14);5-6,9H,3-4H2,1-2H3;3-4H,1-2H3;3,5-6H,1-2H2;1H3/t17-;8-;;;;;;/m11....../s1. The van der Waals surface area contributed by atoms with Gasteiger partial charge >= 0.3 is 13.1 Å². The van der Waals surface area contributed by atoms with Crippen LogP contribution in [0.5, 0.6) is 0 Å². The van der Waals surface area contributed by atoms with Crippen LogP contribution in [0, 0.1) is 52.2 Å². The number of nitrogens with two attached hydrogens (primary N) is 1. The molecule has 5 fully saturated rings. The minimum Gasteiger partial charge on any atom is -0.469 e. The van der Waals surface area contributed by atoms with E-state index in [2.05, 4.69) is 169 Å². The van der Waals surface area contributed by atoms with Gasteiger partial charge in [0.15, 0.2) is 17.2 Å². The molecular weight excluding hydrogens is 1600 g/mol. The number of anilines is 1. The lowest BCUT2D eigenvalue weighted by Gasteiger charge is -2.08. The van der Waals surface area contributed by atoms with Crippen molar-refractivity contribution in [3.8, 4) is 0 Å². The Morgan fingerprint density at radius 2 is 0.910 bits per heavy atom. The number of carbonyl (C=O) groups is 5. The van der Waals surface area contributed by atoms with Gasteiger partial charge in [-0.05, 0) is 285 Å². The van der Waals surface area contributed by atoms with Crippen LogP contribution in [0.3, 0.4) is 0 Å².